The molecule has 0 fully saturated rings. The Labute approximate surface area is 128 Å². The lowest BCUT2D eigenvalue weighted by atomic mass is 10.1. The third-order valence-corrected chi connectivity index (χ3v) is 3.68. The molecule has 2 aromatic carbocycles. The first kappa shape index (κ1) is 14.6. The van der Waals surface area contributed by atoms with E-state index in [1.54, 1.807) is 0 Å². The Morgan fingerprint density at radius 3 is 2.55 bits per heavy atom. The van der Waals surface area contributed by atoms with Crippen molar-refractivity contribution >= 4 is 16.7 Å². The number of hydrogen-bond acceptors (Lipinski definition) is 4. The molecule has 0 saturated carbocycles. The number of hydrogen-bond donors (Lipinski definition) is 3. The predicted octanol–water partition coefficient (Wildman–Crippen LogP) is 1.56. The third-order valence-electron chi connectivity index (χ3n) is 3.68. The maximum atomic E-state index is 9.80. The Hall–Kier alpha value is -2.37. The lowest BCUT2D eigenvalue weighted by molar-refractivity contribution is 0.0815. The second-order valence-corrected chi connectivity index (χ2v) is 5.38. The van der Waals surface area contributed by atoms with Crippen LogP contribution in [0.4, 0.5) is 5.69 Å². The molecule has 0 bridgehead atoms. The van der Waals surface area contributed by atoms with Gasteiger partial charge in [0.25, 0.3) is 0 Å². The number of fused-ring (bicyclic) bond motifs is 1. The van der Waals surface area contributed by atoms with Crippen LogP contribution in [0.5, 0.6) is 0 Å². The zero-order valence-corrected chi connectivity index (χ0v) is 12.2. The minimum atomic E-state index is -0.803. The van der Waals surface area contributed by atoms with Crippen LogP contribution in [-0.2, 0) is 13.0 Å². The SMILES string of the molecule is Nc1ccc(Cc2nc3ccccc3n2CC(O)CO)cc1. The van der Waals surface area contributed by atoms with Crippen molar-refractivity contribution in [3.63, 3.8) is 0 Å². The van der Waals surface area contributed by atoms with Gasteiger partial charge in [0.1, 0.15) is 5.82 Å². The maximum Gasteiger partial charge on any atom is 0.114 e. The van der Waals surface area contributed by atoms with Crippen molar-refractivity contribution in [1.29, 1.82) is 0 Å². The molecule has 0 aliphatic heterocycles. The van der Waals surface area contributed by atoms with Crippen LogP contribution in [-0.4, -0.2) is 32.5 Å². The minimum Gasteiger partial charge on any atom is -0.399 e. The van der Waals surface area contributed by atoms with Crippen molar-refractivity contribution < 1.29 is 10.2 Å². The van der Waals surface area contributed by atoms with Crippen LogP contribution >= 0.6 is 0 Å². The fourth-order valence-corrected chi connectivity index (χ4v) is 2.55. The molecule has 1 unspecified atom stereocenters. The quantitative estimate of drug-likeness (QED) is 0.624. The molecule has 0 saturated heterocycles. The van der Waals surface area contributed by atoms with Gasteiger partial charge in [-0.2, -0.15) is 0 Å². The summed E-state index contributed by atoms with van der Waals surface area (Å²) in [5, 5.41) is 18.9. The fourth-order valence-electron chi connectivity index (χ4n) is 2.55. The second-order valence-electron chi connectivity index (χ2n) is 5.38. The molecular weight excluding hydrogens is 278 g/mol. The van der Waals surface area contributed by atoms with Gasteiger partial charge < -0.3 is 20.5 Å². The van der Waals surface area contributed by atoms with Gasteiger partial charge in [0.15, 0.2) is 0 Å². The number of para-hydroxylation sites is 2. The normalized spacial score (nSPS) is 12.6. The lowest BCUT2D eigenvalue weighted by Gasteiger charge is -2.13. The van der Waals surface area contributed by atoms with E-state index in [0.29, 0.717) is 13.0 Å². The third kappa shape index (κ3) is 2.95. The Balaban J connectivity index is 1.99. The number of nitrogen functional groups attached to an aromatic ring is 1. The molecule has 0 aliphatic carbocycles. The molecule has 5 heteroatoms. The first-order chi connectivity index (χ1) is 10.7. The summed E-state index contributed by atoms with van der Waals surface area (Å²) in [6, 6.07) is 15.5. The molecule has 5 nitrogen and oxygen atoms in total. The molecule has 1 aromatic heterocycles. The second kappa shape index (κ2) is 6.17. The van der Waals surface area contributed by atoms with E-state index in [2.05, 4.69) is 4.98 Å². The molecule has 0 aliphatic rings. The summed E-state index contributed by atoms with van der Waals surface area (Å²) in [6.45, 7) is 0.0507. The molecule has 1 atom stereocenters. The first-order valence-corrected chi connectivity index (χ1v) is 7.25. The summed E-state index contributed by atoms with van der Waals surface area (Å²) in [7, 11) is 0. The van der Waals surface area contributed by atoms with Crippen molar-refractivity contribution in [3.05, 3.63) is 59.9 Å². The summed E-state index contributed by atoms with van der Waals surface area (Å²) in [5.41, 5.74) is 9.39. The summed E-state index contributed by atoms with van der Waals surface area (Å²) in [4.78, 5) is 4.66. The van der Waals surface area contributed by atoms with E-state index in [0.717, 1.165) is 28.1 Å². The van der Waals surface area contributed by atoms with Crippen molar-refractivity contribution in [2.75, 3.05) is 12.3 Å². The van der Waals surface area contributed by atoms with Gasteiger partial charge >= 0.3 is 0 Å². The Morgan fingerprint density at radius 2 is 1.82 bits per heavy atom. The number of nitrogens with zero attached hydrogens (tertiary/aromatic N) is 2. The average molecular weight is 297 g/mol. The van der Waals surface area contributed by atoms with Gasteiger partial charge in [0.2, 0.25) is 0 Å². The van der Waals surface area contributed by atoms with Gasteiger partial charge in [-0.1, -0.05) is 24.3 Å². The van der Waals surface area contributed by atoms with Crippen molar-refractivity contribution in [2.24, 2.45) is 0 Å². The van der Waals surface area contributed by atoms with E-state index >= 15 is 0 Å². The van der Waals surface area contributed by atoms with E-state index in [1.165, 1.54) is 0 Å². The zero-order chi connectivity index (χ0) is 15.5. The van der Waals surface area contributed by atoms with Crippen molar-refractivity contribution in [3.8, 4) is 0 Å². The standard InChI is InChI=1S/C17H19N3O2/c18-13-7-5-12(6-8-13)9-17-19-15-3-1-2-4-16(15)20(17)10-14(22)11-21/h1-8,14,21-22H,9-11,18H2. The molecule has 0 amide bonds. The number of imidazole rings is 1. The Morgan fingerprint density at radius 1 is 1.09 bits per heavy atom. The summed E-state index contributed by atoms with van der Waals surface area (Å²) in [5.74, 6) is 0.860. The zero-order valence-electron chi connectivity index (χ0n) is 12.2. The fraction of sp³-hybridized carbons (Fsp3) is 0.235. The molecule has 0 radical (unpaired) electrons. The number of aliphatic hydroxyl groups excluding tert-OH is 2. The summed E-state index contributed by atoms with van der Waals surface area (Å²) < 4.78 is 1.96. The van der Waals surface area contributed by atoms with Crippen molar-refractivity contribution in [2.45, 2.75) is 19.1 Å². The van der Waals surface area contributed by atoms with Gasteiger partial charge in [0, 0.05) is 12.1 Å². The molecule has 114 valence electrons. The van der Waals surface area contributed by atoms with Crippen LogP contribution in [0.2, 0.25) is 0 Å². The number of benzene rings is 2. The summed E-state index contributed by atoms with van der Waals surface area (Å²) >= 11 is 0. The van der Waals surface area contributed by atoms with E-state index in [9.17, 15) is 5.11 Å². The number of anilines is 1. The van der Waals surface area contributed by atoms with E-state index in [4.69, 9.17) is 10.8 Å². The van der Waals surface area contributed by atoms with E-state index < -0.39 is 6.10 Å². The smallest absolute Gasteiger partial charge is 0.114 e. The number of nitrogens with two attached hydrogens (primary N) is 1. The highest BCUT2D eigenvalue weighted by Gasteiger charge is 2.14. The van der Waals surface area contributed by atoms with Gasteiger partial charge in [0.05, 0.1) is 30.3 Å². The van der Waals surface area contributed by atoms with Gasteiger partial charge in [-0.3, -0.25) is 0 Å². The molecular formula is C17H19N3O2. The monoisotopic (exact) mass is 297 g/mol. The van der Waals surface area contributed by atoms with E-state index in [1.807, 2.05) is 53.1 Å². The Bertz CT molecular complexity index is 765. The van der Waals surface area contributed by atoms with Gasteiger partial charge in [-0.25, -0.2) is 4.98 Å². The topological polar surface area (TPSA) is 84.3 Å². The first-order valence-electron chi connectivity index (χ1n) is 7.25. The van der Waals surface area contributed by atoms with Crippen LogP contribution in [0.25, 0.3) is 11.0 Å². The minimum absolute atomic E-state index is 0.270. The summed E-state index contributed by atoms with van der Waals surface area (Å²) in [6.07, 6.45) is -0.157. The number of rotatable bonds is 5. The van der Waals surface area contributed by atoms with Crippen LogP contribution in [0, 0.1) is 0 Å². The Kier molecular flexibility index (Phi) is 4.09. The largest absolute Gasteiger partial charge is 0.399 e. The van der Waals surface area contributed by atoms with Crippen LogP contribution in [0.3, 0.4) is 0 Å². The van der Waals surface area contributed by atoms with Crippen LogP contribution < -0.4 is 5.73 Å². The molecule has 3 aromatic rings. The molecule has 4 N–H and O–H groups in total. The van der Waals surface area contributed by atoms with Gasteiger partial charge in [-0.15, -0.1) is 0 Å². The molecule has 3 rings (SSSR count). The number of aromatic nitrogens is 2. The lowest BCUT2D eigenvalue weighted by Crippen LogP contribution is -2.21. The average Bonchev–Trinajstić information content (AvgIpc) is 2.87. The highest BCUT2D eigenvalue weighted by Crippen LogP contribution is 2.19. The predicted molar refractivity (Wildman–Crippen MR) is 86.5 cm³/mol. The number of aliphatic hydroxyl groups is 2. The maximum absolute atomic E-state index is 9.80. The highest BCUT2D eigenvalue weighted by molar-refractivity contribution is 5.76. The molecule has 0 spiro atoms. The van der Waals surface area contributed by atoms with Crippen LogP contribution in [0.15, 0.2) is 48.5 Å². The van der Waals surface area contributed by atoms with E-state index in [-0.39, 0.29) is 6.61 Å². The van der Waals surface area contributed by atoms with Crippen LogP contribution in [0.1, 0.15) is 11.4 Å². The highest BCUT2D eigenvalue weighted by atomic mass is 16.3. The van der Waals surface area contributed by atoms with Crippen molar-refractivity contribution in [1.82, 2.24) is 9.55 Å². The van der Waals surface area contributed by atoms with Gasteiger partial charge in [-0.05, 0) is 29.8 Å². The molecule has 22 heavy (non-hydrogen) atoms. The molecule has 1 heterocycles.